The number of nitrogens with zero attached hydrogens (tertiary/aromatic N) is 6. The fraction of sp³-hybridized carbons (Fsp3) is 0.405. The first-order chi connectivity index (χ1) is 23.9. The van der Waals surface area contributed by atoms with Gasteiger partial charge in [0.05, 0.1) is 5.52 Å². The van der Waals surface area contributed by atoms with E-state index in [9.17, 15) is 19.2 Å². The van der Waals surface area contributed by atoms with Gasteiger partial charge < -0.3 is 15.5 Å². The van der Waals surface area contributed by atoms with Crippen molar-refractivity contribution in [3.8, 4) is 11.1 Å². The maximum Gasteiger partial charge on any atom is 0.248 e. The molecule has 3 atom stereocenters. The maximum atomic E-state index is 14.5. The topological polar surface area (TPSA) is 152 Å². The first kappa shape index (κ1) is 33.7. The van der Waals surface area contributed by atoms with Crippen LogP contribution in [0, 0.1) is 26.2 Å². The normalized spacial score (nSPS) is 22.2. The molecule has 0 radical (unpaired) electrons. The number of pyridine rings is 1. The molecule has 0 spiro atoms. The molecule has 3 amide bonds. The predicted octanol–water partition coefficient (Wildman–Crippen LogP) is 5.18. The zero-order valence-corrected chi connectivity index (χ0v) is 30.1. The second-order valence-corrected chi connectivity index (χ2v) is 14.6. The minimum absolute atomic E-state index is 0.0374. The summed E-state index contributed by atoms with van der Waals surface area (Å²) in [6.45, 7) is 7.36. The Kier molecular flexibility index (Phi) is 8.87. The largest absolute Gasteiger partial charge is 0.355 e. The number of aromatic nitrogens is 5. The number of halogens is 1. The van der Waals surface area contributed by atoms with Crippen molar-refractivity contribution in [1.29, 1.82) is 0 Å². The van der Waals surface area contributed by atoms with E-state index in [1.54, 1.807) is 22.0 Å². The third kappa shape index (κ3) is 6.34. The van der Waals surface area contributed by atoms with E-state index >= 15 is 0 Å². The Bertz CT molecular complexity index is 2090. The molecule has 2 N–H and O–H groups in total. The summed E-state index contributed by atoms with van der Waals surface area (Å²) in [5, 5.41) is 11.4. The SMILES string of the molecule is CC(=O)c1nn2c3c(cc(-c4cnc(C)nc4)cc13)CC=CCCCC(=O)NC[C@@]13C[C@@H](C(=O)Nc4nc(Br)cc(C)c4C)N(C(=O)C2)[C@@H]1C3. The Hall–Kier alpha value is -4.78. The van der Waals surface area contributed by atoms with Gasteiger partial charge in [0.25, 0.3) is 0 Å². The molecule has 1 aliphatic carbocycles. The molecule has 7 rings (SSSR count). The fourth-order valence-electron chi connectivity index (χ4n) is 7.41. The standard InChI is InChI=1S/C37H39BrN8O4/c1-20-11-30(38)42-35(21(20)2)43-36(50)28-14-37-15-29(37)46(28)32(49)18-45-34-24(9-7-5-6-8-10-31(48)41-19-37)12-25(26-16-39-23(4)40-17-26)13-27(34)33(44-45)22(3)47/h5,7,11-13,16-17,28-29H,6,8-10,14-15,18-19H2,1-4H3,(H,41,48)(H,42,43,50)/t28-,29+,37-/m0/s1. The first-order valence-electron chi connectivity index (χ1n) is 16.9. The molecule has 0 unspecified atom stereocenters. The second-order valence-electron chi connectivity index (χ2n) is 13.8. The van der Waals surface area contributed by atoms with E-state index in [1.165, 1.54) is 6.92 Å². The molecule has 13 heteroatoms. The van der Waals surface area contributed by atoms with Crippen LogP contribution in [-0.2, 0) is 27.3 Å². The maximum absolute atomic E-state index is 14.5. The van der Waals surface area contributed by atoms with Crippen LogP contribution in [0.15, 0.2) is 47.3 Å². The minimum Gasteiger partial charge on any atom is -0.355 e. The van der Waals surface area contributed by atoms with Crippen LogP contribution in [0.5, 0.6) is 0 Å². The molecule has 1 aromatic carbocycles. The van der Waals surface area contributed by atoms with Crippen molar-refractivity contribution in [2.75, 3.05) is 11.9 Å². The highest BCUT2D eigenvalue weighted by atomic mass is 79.9. The summed E-state index contributed by atoms with van der Waals surface area (Å²) < 4.78 is 2.22. The number of nitrogens with one attached hydrogen (secondary N) is 2. The number of ketones is 1. The van der Waals surface area contributed by atoms with Crippen molar-refractivity contribution in [1.82, 2.24) is 34.9 Å². The van der Waals surface area contributed by atoms with Gasteiger partial charge in [-0.3, -0.25) is 23.9 Å². The number of rotatable bonds is 4. The van der Waals surface area contributed by atoms with Gasteiger partial charge in [-0.15, -0.1) is 0 Å². The van der Waals surface area contributed by atoms with Crippen LogP contribution in [0.3, 0.4) is 0 Å². The van der Waals surface area contributed by atoms with Gasteiger partial charge in [0, 0.05) is 54.7 Å². The number of hydrogen-bond acceptors (Lipinski definition) is 8. The molecule has 1 saturated carbocycles. The molecule has 2 bridgehead atoms. The number of amides is 3. The average Bonchev–Trinajstić information content (AvgIpc) is 3.48. The lowest BCUT2D eigenvalue weighted by molar-refractivity contribution is -0.138. The summed E-state index contributed by atoms with van der Waals surface area (Å²) in [5.74, 6) is 0.220. The summed E-state index contributed by atoms with van der Waals surface area (Å²) in [5.41, 5.74) is 4.88. The molecule has 3 aromatic heterocycles. The lowest BCUT2D eigenvalue weighted by Crippen LogP contribution is -2.47. The number of aryl methyl sites for hydroxylation is 2. The molecule has 2 aliphatic heterocycles. The summed E-state index contributed by atoms with van der Waals surface area (Å²) in [4.78, 5) is 69.3. The van der Waals surface area contributed by atoms with E-state index in [1.807, 2.05) is 45.0 Å². The van der Waals surface area contributed by atoms with Crippen LogP contribution in [0.1, 0.15) is 72.0 Å². The first-order valence-corrected chi connectivity index (χ1v) is 17.7. The lowest BCUT2D eigenvalue weighted by atomic mass is 9.98. The van der Waals surface area contributed by atoms with Crippen molar-refractivity contribution in [3.05, 3.63) is 75.6 Å². The van der Waals surface area contributed by atoms with Gasteiger partial charge in [-0.25, -0.2) is 15.0 Å². The van der Waals surface area contributed by atoms with Crippen LogP contribution in [0.25, 0.3) is 22.0 Å². The van der Waals surface area contributed by atoms with E-state index in [-0.39, 0.29) is 41.8 Å². The number of allylic oxidation sites excluding steroid dienone is 2. The number of carbonyl (C=O) groups is 4. The lowest BCUT2D eigenvalue weighted by Gasteiger charge is -2.27. The summed E-state index contributed by atoms with van der Waals surface area (Å²) in [6.07, 6.45) is 11.0. The van der Waals surface area contributed by atoms with Gasteiger partial charge in [-0.05, 0) is 109 Å². The van der Waals surface area contributed by atoms with Crippen LogP contribution in [0.4, 0.5) is 5.82 Å². The Morgan fingerprint density at radius 1 is 1.04 bits per heavy atom. The molecule has 5 heterocycles. The molecule has 2 fully saturated rings. The molecule has 258 valence electrons. The third-order valence-corrected chi connectivity index (χ3v) is 10.7. The Morgan fingerprint density at radius 3 is 2.58 bits per heavy atom. The van der Waals surface area contributed by atoms with Gasteiger partial charge in [0.1, 0.15) is 34.5 Å². The van der Waals surface area contributed by atoms with Gasteiger partial charge in [0.2, 0.25) is 17.7 Å². The highest BCUT2D eigenvalue weighted by molar-refractivity contribution is 9.10. The van der Waals surface area contributed by atoms with Gasteiger partial charge in [0.15, 0.2) is 5.78 Å². The highest BCUT2D eigenvalue weighted by Gasteiger charge is 2.67. The van der Waals surface area contributed by atoms with Crippen molar-refractivity contribution in [2.45, 2.75) is 84.8 Å². The molecule has 12 nitrogen and oxygen atoms in total. The number of Topliss-reactive ketones (excluding diaryl/α,β-unsaturated/α-hetero) is 1. The molecular formula is C37H39BrN8O4. The van der Waals surface area contributed by atoms with E-state index in [2.05, 4.69) is 47.6 Å². The number of benzene rings is 1. The van der Waals surface area contributed by atoms with E-state index < -0.39 is 11.5 Å². The molecule has 3 aliphatic rings. The Balaban J connectivity index is 1.30. The smallest absolute Gasteiger partial charge is 0.248 e. The zero-order chi connectivity index (χ0) is 35.3. The monoisotopic (exact) mass is 738 g/mol. The number of piperidine rings is 1. The average molecular weight is 740 g/mol. The van der Waals surface area contributed by atoms with Crippen molar-refractivity contribution in [2.24, 2.45) is 5.41 Å². The van der Waals surface area contributed by atoms with Gasteiger partial charge in [-0.2, -0.15) is 5.10 Å². The highest BCUT2D eigenvalue weighted by Crippen LogP contribution is 2.59. The van der Waals surface area contributed by atoms with E-state index in [0.717, 1.165) is 34.2 Å². The van der Waals surface area contributed by atoms with Crippen molar-refractivity contribution in [3.63, 3.8) is 0 Å². The summed E-state index contributed by atoms with van der Waals surface area (Å²) in [6, 6.07) is 4.83. The van der Waals surface area contributed by atoms with E-state index in [4.69, 9.17) is 5.10 Å². The van der Waals surface area contributed by atoms with Crippen LogP contribution >= 0.6 is 15.9 Å². The summed E-state index contributed by atoms with van der Waals surface area (Å²) in [7, 11) is 0. The van der Waals surface area contributed by atoms with Gasteiger partial charge >= 0.3 is 0 Å². The van der Waals surface area contributed by atoms with Crippen LogP contribution < -0.4 is 10.6 Å². The molecule has 1 saturated heterocycles. The number of carbonyl (C=O) groups excluding carboxylic acids is 4. The number of anilines is 1. The molecule has 4 aromatic rings. The van der Waals surface area contributed by atoms with Gasteiger partial charge in [-0.1, -0.05) is 12.2 Å². The van der Waals surface area contributed by atoms with Crippen LogP contribution in [-0.4, -0.2) is 71.8 Å². The third-order valence-electron chi connectivity index (χ3n) is 10.3. The summed E-state index contributed by atoms with van der Waals surface area (Å²) >= 11 is 3.43. The predicted molar refractivity (Wildman–Crippen MR) is 191 cm³/mol. The molecule has 50 heavy (non-hydrogen) atoms. The second kappa shape index (κ2) is 13.2. The molecular weight excluding hydrogens is 700 g/mol. The Morgan fingerprint density at radius 2 is 1.82 bits per heavy atom. The Labute approximate surface area is 298 Å². The quantitative estimate of drug-likeness (QED) is 0.165. The van der Waals surface area contributed by atoms with Crippen LogP contribution in [0.2, 0.25) is 0 Å². The number of hydrogen-bond donors (Lipinski definition) is 2. The van der Waals surface area contributed by atoms with E-state index in [0.29, 0.717) is 65.8 Å². The van der Waals surface area contributed by atoms with Crippen molar-refractivity contribution < 1.29 is 19.2 Å². The minimum atomic E-state index is -0.776. The van der Waals surface area contributed by atoms with Crippen molar-refractivity contribution >= 4 is 56.2 Å². The zero-order valence-electron chi connectivity index (χ0n) is 28.5. The fourth-order valence-corrected chi connectivity index (χ4v) is 7.93.